The fraction of sp³-hybridized carbons (Fsp3) is 0.438. The van der Waals surface area contributed by atoms with Crippen LogP contribution in [-0.2, 0) is 12.8 Å². The van der Waals surface area contributed by atoms with Gasteiger partial charge in [0.1, 0.15) is 0 Å². The highest BCUT2D eigenvalue weighted by Crippen LogP contribution is 2.19. The molecule has 1 aromatic carbocycles. The van der Waals surface area contributed by atoms with Crippen molar-refractivity contribution in [1.29, 1.82) is 0 Å². The summed E-state index contributed by atoms with van der Waals surface area (Å²) in [4.78, 5) is 12.0. The molecule has 0 aliphatic rings. The number of carbonyl (C=O) groups excluding carboxylic acids is 1. The summed E-state index contributed by atoms with van der Waals surface area (Å²) in [5, 5.41) is 0. The quantitative estimate of drug-likeness (QED) is 0.524. The van der Waals surface area contributed by atoms with Gasteiger partial charge in [0.25, 0.3) is 0 Å². The fourth-order valence-electron chi connectivity index (χ4n) is 2.16. The Bertz CT molecular complexity index is 402. The number of hydrogen-bond acceptors (Lipinski definition) is 1. The van der Waals surface area contributed by atoms with Crippen molar-refractivity contribution < 1.29 is 4.79 Å². The van der Waals surface area contributed by atoms with Crippen molar-refractivity contribution in [3.63, 3.8) is 0 Å². The van der Waals surface area contributed by atoms with E-state index < -0.39 is 0 Å². The molecule has 0 N–H and O–H groups in total. The Morgan fingerprint density at radius 2 is 1.88 bits per heavy atom. The second kappa shape index (κ2) is 7.05. The van der Waals surface area contributed by atoms with Gasteiger partial charge in [-0.15, -0.1) is 0 Å². The normalized spacial score (nSPS) is 11.0. The third-order valence-electron chi connectivity index (χ3n) is 2.88. The van der Waals surface area contributed by atoms with Crippen LogP contribution in [0.3, 0.4) is 0 Å². The van der Waals surface area contributed by atoms with Crippen molar-refractivity contribution in [2.45, 2.75) is 46.5 Å². The lowest BCUT2D eigenvalue weighted by Crippen LogP contribution is -2.05. The molecule has 0 aliphatic carbocycles. The molecule has 0 aliphatic heterocycles. The van der Waals surface area contributed by atoms with Crippen molar-refractivity contribution in [1.82, 2.24) is 0 Å². The summed E-state index contributed by atoms with van der Waals surface area (Å²) in [6.45, 7) is 6.22. The molecular weight excluding hydrogens is 208 g/mol. The summed E-state index contributed by atoms with van der Waals surface area (Å²) in [5.74, 6) is 0.133. The smallest absolute Gasteiger partial charge is 0.185 e. The standard InChI is InChI=1S/C16H22O/c1-4-8-13-11-7-12-15(14(13)9-5-2)16(17)10-6-3/h6-7,10-12H,4-5,8-9H2,1-3H3/b10-6+. The second-order valence-corrected chi connectivity index (χ2v) is 4.31. The Hall–Kier alpha value is -1.37. The maximum atomic E-state index is 12.0. The van der Waals surface area contributed by atoms with Crippen LogP contribution in [0.1, 0.15) is 55.1 Å². The lowest BCUT2D eigenvalue weighted by molar-refractivity contribution is 0.104. The van der Waals surface area contributed by atoms with Gasteiger partial charge in [-0.05, 0) is 37.0 Å². The van der Waals surface area contributed by atoms with Crippen LogP contribution >= 0.6 is 0 Å². The largest absolute Gasteiger partial charge is 0.289 e. The Morgan fingerprint density at radius 3 is 2.47 bits per heavy atom. The molecule has 0 saturated heterocycles. The van der Waals surface area contributed by atoms with Gasteiger partial charge in [-0.25, -0.2) is 0 Å². The van der Waals surface area contributed by atoms with Crippen LogP contribution in [0.5, 0.6) is 0 Å². The first-order valence-corrected chi connectivity index (χ1v) is 6.52. The highest BCUT2D eigenvalue weighted by atomic mass is 16.1. The molecule has 0 heterocycles. The van der Waals surface area contributed by atoms with E-state index >= 15 is 0 Å². The second-order valence-electron chi connectivity index (χ2n) is 4.31. The molecule has 0 radical (unpaired) electrons. The number of allylic oxidation sites excluding steroid dienone is 2. The van der Waals surface area contributed by atoms with Crippen LogP contribution in [-0.4, -0.2) is 5.78 Å². The van der Waals surface area contributed by atoms with Crippen LogP contribution in [0.2, 0.25) is 0 Å². The van der Waals surface area contributed by atoms with Crippen molar-refractivity contribution in [2.24, 2.45) is 0 Å². The fourth-order valence-corrected chi connectivity index (χ4v) is 2.16. The molecule has 1 aromatic rings. The zero-order valence-corrected chi connectivity index (χ0v) is 11.1. The van der Waals surface area contributed by atoms with E-state index in [0.29, 0.717) is 0 Å². The van der Waals surface area contributed by atoms with E-state index in [-0.39, 0.29) is 5.78 Å². The number of carbonyl (C=O) groups is 1. The van der Waals surface area contributed by atoms with Gasteiger partial charge in [-0.2, -0.15) is 0 Å². The Labute approximate surface area is 105 Å². The lowest BCUT2D eigenvalue weighted by Gasteiger charge is -2.12. The summed E-state index contributed by atoms with van der Waals surface area (Å²) in [6, 6.07) is 6.11. The van der Waals surface area contributed by atoms with Gasteiger partial charge in [0.2, 0.25) is 0 Å². The average Bonchev–Trinajstić information content (AvgIpc) is 2.32. The van der Waals surface area contributed by atoms with Crippen LogP contribution in [0.25, 0.3) is 0 Å². The highest BCUT2D eigenvalue weighted by Gasteiger charge is 2.11. The molecule has 0 unspecified atom stereocenters. The summed E-state index contributed by atoms with van der Waals surface area (Å²) < 4.78 is 0. The molecule has 92 valence electrons. The van der Waals surface area contributed by atoms with Crippen molar-refractivity contribution in [2.75, 3.05) is 0 Å². The summed E-state index contributed by atoms with van der Waals surface area (Å²) in [5.41, 5.74) is 3.47. The maximum absolute atomic E-state index is 12.0. The first-order chi connectivity index (χ1) is 8.24. The molecule has 1 rings (SSSR count). The van der Waals surface area contributed by atoms with Crippen LogP contribution in [0.15, 0.2) is 30.4 Å². The predicted octanol–water partition coefficient (Wildman–Crippen LogP) is 4.35. The molecular formula is C16H22O. The van der Waals surface area contributed by atoms with Crippen LogP contribution < -0.4 is 0 Å². The molecule has 1 heteroatoms. The predicted molar refractivity (Wildman–Crippen MR) is 73.6 cm³/mol. The Balaban J connectivity index is 3.18. The Kier molecular flexibility index (Phi) is 5.68. The van der Waals surface area contributed by atoms with Gasteiger partial charge in [0.15, 0.2) is 5.78 Å². The van der Waals surface area contributed by atoms with E-state index in [1.165, 1.54) is 11.1 Å². The van der Waals surface area contributed by atoms with Crippen LogP contribution in [0, 0.1) is 0 Å². The van der Waals surface area contributed by atoms with Crippen molar-refractivity contribution in [3.05, 3.63) is 47.0 Å². The third kappa shape index (κ3) is 3.55. The topological polar surface area (TPSA) is 17.1 Å². The zero-order chi connectivity index (χ0) is 12.7. The lowest BCUT2D eigenvalue weighted by atomic mass is 9.92. The molecule has 17 heavy (non-hydrogen) atoms. The van der Waals surface area contributed by atoms with Gasteiger partial charge >= 0.3 is 0 Å². The average molecular weight is 230 g/mol. The van der Waals surface area contributed by atoms with Gasteiger partial charge in [-0.1, -0.05) is 51.0 Å². The first kappa shape index (κ1) is 13.7. The van der Waals surface area contributed by atoms with Gasteiger partial charge < -0.3 is 0 Å². The first-order valence-electron chi connectivity index (χ1n) is 6.52. The maximum Gasteiger partial charge on any atom is 0.185 e. The number of hydrogen-bond donors (Lipinski definition) is 0. The summed E-state index contributed by atoms with van der Waals surface area (Å²) in [6.07, 6.45) is 7.73. The molecule has 0 fully saturated rings. The number of rotatable bonds is 6. The molecule has 0 amide bonds. The zero-order valence-electron chi connectivity index (χ0n) is 11.1. The number of aryl methyl sites for hydroxylation is 1. The van der Waals surface area contributed by atoms with Gasteiger partial charge in [0, 0.05) is 5.56 Å². The molecule has 1 nitrogen and oxygen atoms in total. The highest BCUT2D eigenvalue weighted by molar-refractivity contribution is 6.05. The number of ketones is 1. The van der Waals surface area contributed by atoms with E-state index in [0.717, 1.165) is 31.2 Å². The van der Waals surface area contributed by atoms with E-state index in [1.807, 2.05) is 25.1 Å². The molecule has 0 aromatic heterocycles. The van der Waals surface area contributed by atoms with E-state index in [2.05, 4.69) is 19.9 Å². The molecule has 0 atom stereocenters. The molecule has 0 bridgehead atoms. The van der Waals surface area contributed by atoms with E-state index in [4.69, 9.17) is 0 Å². The molecule has 0 spiro atoms. The van der Waals surface area contributed by atoms with E-state index in [1.54, 1.807) is 6.08 Å². The Morgan fingerprint density at radius 1 is 1.18 bits per heavy atom. The molecule has 0 saturated carbocycles. The van der Waals surface area contributed by atoms with Gasteiger partial charge in [-0.3, -0.25) is 4.79 Å². The van der Waals surface area contributed by atoms with Gasteiger partial charge in [0.05, 0.1) is 0 Å². The summed E-state index contributed by atoms with van der Waals surface area (Å²) >= 11 is 0. The van der Waals surface area contributed by atoms with Crippen LogP contribution in [0.4, 0.5) is 0 Å². The monoisotopic (exact) mass is 230 g/mol. The minimum Gasteiger partial charge on any atom is -0.289 e. The van der Waals surface area contributed by atoms with Crippen molar-refractivity contribution >= 4 is 5.78 Å². The summed E-state index contributed by atoms with van der Waals surface area (Å²) in [7, 11) is 0. The van der Waals surface area contributed by atoms with Crippen molar-refractivity contribution in [3.8, 4) is 0 Å². The minimum atomic E-state index is 0.133. The van der Waals surface area contributed by atoms with E-state index in [9.17, 15) is 4.79 Å². The minimum absolute atomic E-state index is 0.133. The SMILES string of the molecule is C/C=C/C(=O)c1cccc(CCC)c1CCC. The number of benzene rings is 1. The third-order valence-corrected chi connectivity index (χ3v) is 2.88.